The number of ether oxygens (including phenoxy) is 1. The second-order valence-corrected chi connectivity index (χ2v) is 11.9. The van der Waals surface area contributed by atoms with E-state index in [2.05, 4.69) is 0 Å². The molecule has 2 aliphatic heterocycles. The van der Waals surface area contributed by atoms with Gasteiger partial charge in [-0.2, -0.15) is 0 Å². The molecule has 3 aliphatic rings. The van der Waals surface area contributed by atoms with Crippen LogP contribution < -0.4 is 4.74 Å². The van der Waals surface area contributed by atoms with E-state index in [0.29, 0.717) is 43.2 Å². The zero-order valence-electron chi connectivity index (χ0n) is 21.8. The quantitative estimate of drug-likeness (QED) is 0.495. The van der Waals surface area contributed by atoms with Crippen molar-refractivity contribution in [3.8, 4) is 5.75 Å². The van der Waals surface area contributed by atoms with Crippen LogP contribution in [0, 0.1) is 29.5 Å². The van der Waals surface area contributed by atoms with Crippen molar-refractivity contribution in [3.05, 3.63) is 29.6 Å². The maximum atomic E-state index is 14.8. The number of benzene rings is 1. The molecule has 3 atom stereocenters. The average Bonchev–Trinajstić information content (AvgIpc) is 3.57. The van der Waals surface area contributed by atoms with E-state index in [4.69, 9.17) is 4.74 Å². The molecule has 8 heteroatoms. The van der Waals surface area contributed by atoms with Crippen LogP contribution >= 0.6 is 0 Å². The third-order valence-electron chi connectivity index (χ3n) is 8.35. The lowest BCUT2D eigenvalue weighted by Gasteiger charge is -2.38. The summed E-state index contributed by atoms with van der Waals surface area (Å²) in [4.78, 5) is 16.4. The molecule has 1 unspecified atom stereocenters. The number of rotatable bonds is 9. The van der Waals surface area contributed by atoms with Gasteiger partial charge >= 0.3 is 0 Å². The molecule has 1 aromatic rings. The summed E-state index contributed by atoms with van der Waals surface area (Å²) in [6.45, 7) is 7.31. The topological polar surface area (TPSA) is 53.0 Å². The second-order valence-electron chi connectivity index (χ2n) is 11.9. The summed E-state index contributed by atoms with van der Waals surface area (Å²) in [5.41, 5.74) is -0.840. The van der Waals surface area contributed by atoms with E-state index >= 15 is 0 Å². The lowest BCUT2D eigenvalue weighted by Crippen LogP contribution is -2.47. The summed E-state index contributed by atoms with van der Waals surface area (Å²) < 4.78 is 47.1. The van der Waals surface area contributed by atoms with Gasteiger partial charge in [-0.25, -0.2) is 13.2 Å². The molecule has 0 radical (unpaired) electrons. The number of likely N-dealkylation sites (tertiary alicyclic amines) is 2. The Hall–Kier alpha value is -1.80. The molecule has 4 rings (SSSR count). The van der Waals surface area contributed by atoms with Crippen LogP contribution in [0.4, 0.5) is 13.2 Å². The summed E-state index contributed by atoms with van der Waals surface area (Å²) >= 11 is 0. The molecule has 1 N–H and O–H groups in total. The van der Waals surface area contributed by atoms with Crippen molar-refractivity contribution in [3.63, 3.8) is 0 Å². The fourth-order valence-electron chi connectivity index (χ4n) is 6.11. The molecule has 2 saturated heterocycles. The highest BCUT2D eigenvalue weighted by Crippen LogP contribution is 2.49. The largest absolute Gasteiger partial charge is 0.493 e. The van der Waals surface area contributed by atoms with Crippen molar-refractivity contribution >= 4 is 5.91 Å². The minimum absolute atomic E-state index is 0.0271. The predicted molar refractivity (Wildman–Crippen MR) is 133 cm³/mol. The summed E-state index contributed by atoms with van der Waals surface area (Å²) in [6.07, 6.45) is 5.65. The van der Waals surface area contributed by atoms with Gasteiger partial charge in [-0.15, -0.1) is 0 Å². The first kappa shape index (κ1) is 27.2. The zero-order chi connectivity index (χ0) is 26.1. The minimum Gasteiger partial charge on any atom is -0.493 e. The molecule has 1 aromatic carbocycles. The molecule has 202 valence electrons. The number of hydrogen-bond donors (Lipinski definition) is 1. The van der Waals surface area contributed by atoms with Gasteiger partial charge in [0.15, 0.2) is 0 Å². The molecule has 1 aliphatic carbocycles. The Balaban J connectivity index is 1.20. The summed E-state index contributed by atoms with van der Waals surface area (Å²) in [5, 5.41) is 10.3. The molecule has 1 amide bonds. The Morgan fingerprint density at radius 1 is 1.14 bits per heavy atom. The Bertz CT molecular complexity index is 906. The van der Waals surface area contributed by atoms with E-state index in [-0.39, 0.29) is 23.9 Å². The van der Waals surface area contributed by atoms with E-state index in [0.717, 1.165) is 58.5 Å². The van der Waals surface area contributed by atoms with E-state index in [1.165, 1.54) is 12.1 Å². The number of piperidine rings is 2. The third-order valence-corrected chi connectivity index (χ3v) is 8.35. The molecule has 1 saturated carbocycles. The normalized spacial score (nSPS) is 26.2. The lowest BCUT2D eigenvalue weighted by atomic mass is 9.84. The van der Waals surface area contributed by atoms with Crippen LogP contribution in [-0.4, -0.2) is 71.7 Å². The first-order valence-corrected chi connectivity index (χ1v) is 13.4. The summed E-state index contributed by atoms with van der Waals surface area (Å²) in [6, 6.07) is 4.43. The highest BCUT2D eigenvalue weighted by Gasteiger charge is 2.43. The first-order valence-electron chi connectivity index (χ1n) is 13.4. The SMILES string of the molecule is CC(F)(F)CN1CCC([C@H]2C[C@H]2CCOc2ccc(C(=O)N3CCCC(C(C)(C)O)C3)c(F)c2)CC1. The second kappa shape index (κ2) is 10.9. The fraction of sp³-hybridized carbons (Fsp3) is 0.750. The number of carbonyl (C=O) groups excluding carboxylic acids is 1. The van der Waals surface area contributed by atoms with Gasteiger partial charge in [0.25, 0.3) is 11.8 Å². The number of halogens is 3. The van der Waals surface area contributed by atoms with E-state index in [1.807, 2.05) is 4.90 Å². The predicted octanol–water partition coefficient (Wildman–Crippen LogP) is 5.22. The molecule has 3 fully saturated rings. The monoisotopic (exact) mass is 510 g/mol. The standard InChI is InChI=1S/C28H41F3N2O3/c1-27(2,35)21-5-4-11-33(17-21)26(34)23-7-6-22(16-25(23)29)36-14-10-20-15-24(20)19-8-12-32(13-9-19)18-28(3,30)31/h6-7,16,19-21,24,35H,4-5,8-15,17-18H2,1-3H3/t20-,21?,24-/m1/s1. The van der Waals surface area contributed by atoms with Crippen molar-refractivity contribution in [1.82, 2.24) is 9.80 Å². The van der Waals surface area contributed by atoms with Gasteiger partial charge in [0.1, 0.15) is 11.6 Å². The van der Waals surface area contributed by atoms with Crippen molar-refractivity contribution in [2.24, 2.45) is 23.7 Å². The minimum atomic E-state index is -2.63. The molecular formula is C28H41F3N2O3. The number of amides is 1. The first-order chi connectivity index (χ1) is 16.9. The number of alkyl halides is 2. The summed E-state index contributed by atoms with van der Waals surface area (Å²) in [5.74, 6) is -1.34. The molecule has 5 nitrogen and oxygen atoms in total. The number of nitrogens with zero attached hydrogens (tertiary/aromatic N) is 2. The maximum absolute atomic E-state index is 14.8. The third kappa shape index (κ3) is 7.15. The number of carbonyl (C=O) groups is 1. The number of aliphatic hydroxyl groups is 1. The Kier molecular flexibility index (Phi) is 8.25. The Morgan fingerprint density at radius 2 is 1.86 bits per heavy atom. The van der Waals surface area contributed by atoms with Gasteiger partial charge < -0.3 is 14.7 Å². The molecule has 2 heterocycles. The zero-order valence-corrected chi connectivity index (χ0v) is 21.8. The van der Waals surface area contributed by atoms with Crippen molar-refractivity contribution in [2.75, 3.05) is 39.3 Å². The van der Waals surface area contributed by atoms with Gasteiger partial charge in [-0.3, -0.25) is 9.69 Å². The van der Waals surface area contributed by atoms with Crippen LogP contribution in [0.15, 0.2) is 18.2 Å². The lowest BCUT2D eigenvalue weighted by molar-refractivity contribution is -0.0233. The van der Waals surface area contributed by atoms with E-state index in [9.17, 15) is 23.1 Å². The van der Waals surface area contributed by atoms with Gasteiger partial charge in [-0.1, -0.05) is 0 Å². The molecular weight excluding hydrogens is 469 g/mol. The van der Waals surface area contributed by atoms with Crippen LogP contribution in [0.2, 0.25) is 0 Å². The maximum Gasteiger partial charge on any atom is 0.257 e. The van der Waals surface area contributed by atoms with Crippen molar-refractivity contribution in [2.45, 2.75) is 70.8 Å². The molecule has 36 heavy (non-hydrogen) atoms. The van der Waals surface area contributed by atoms with E-state index in [1.54, 1.807) is 24.8 Å². The van der Waals surface area contributed by atoms with Gasteiger partial charge in [0.2, 0.25) is 0 Å². The van der Waals surface area contributed by atoms with Crippen LogP contribution in [0.5, 0.6) is 5.75 Å². The van der Waals surface area contributed by atoms with Crippen LogP contribution in [-0.2, 0) is 0 Å². The molecule has 0 spiro atoms. The van der Waals surface area contributed by atoms with Crippen LogP contribution in [0.3, 0.4) is 0 Å². The highest BCUT2D eigenvalue weighted by molar-refractivity contribution is 5.94. The van der Waals surface area contributed by atoms with Gasteiger partial charge in [0.05, 0.1) is 24.3 Å². The summed E-state index contributed by atoms with van der Waals surface area (Å²) in [7, 11) is 0. The fourth-order valence-corrected chi connectivity index (χ4v) is 6.11. The molecule has 0 bridgehead atoms. The number of hydrogen-bond acceptors (Lipinski definition) is 4. The highest BCUT2D eigenvalue weighted by atomic mass is 19.3. The van der Waals surface area contributed by atoms with Gasteiger partial charge in [0, 0.05) is 32.0 Å². The van der Waals surface area contributed by atoms with Crippen molar-refractivity contribution in [1.29, 1.82) is 0 Å². The average molecular weight is 511 g/mol. The Morgan fingerprint density at radius 3 is 2.50 bits per heavy atom. The van der Waals surface area contributed by atoms with E-state index < -0.39 is 17.3 Å². The Labute approximate surface area is 213 Å². The van der Waals surface area contributed by atoms with Gasteiger partial charge in [-0.05, 0) is 95.3 Å². The van der Waals surface area contributed by atoms with Crippen LogP contribution in [0.25, 0.3) is 0 Å². The van der Waals surface area contributed by atoms with Crippen LogP contribution in [0.1, 0.15) is 69.7 Å². The molecule has 0 aromatic heterocycles. The van der Waals surface area contributed by atoms with Crippen molar-refractivity contribution < 1.29 is 27.8 Å². The smallest absolute Gasteiger partial charge is 0.257 e.